The molecule has 2 aromatic rings. The smallest absolute Gasteiger partial charge is 0.357 e. The van der Waals surface area contributed by atoms with Gasteiger partial charge < -0.3 is 10.5 Å². The zero-order chi connectivity index (χ0) is 14.0. The average Bonchev–Trinajstić information content (AvgIpc) is 2.36. The number of ether oxygens (including phenoxy) is 1. The van der Waals surface area contributed by atoms with E-state index >= 15 is 0 Å². The van der Waals surface area contributed by atoms with Crippen LogP contribution in [0.2, 0.25) is 10.0 Å². The fourth-order valence-electron chi connectivity index (χ4n) is 1.67. The molecule has 1 heterocycles. The topological polar surface area (TPSA) is 65.2 Å². The average molecular weight is 297 g/mol. The molecule has 0 atom stereocenters. The number of nitrogens with zero attached hydrogens (tertiary/aromatic N) is 1. The quantitative estimate of drug-likeness (QED) is 0.862. The van der Waals surface area contributed by atoms with E-state index in [0.717, 1.165) is 0 Å². The van der Waals surface area contributed by atoms with E-state index in [-0.39, 0.29) is 11.5 Å². The minimum Gasteiger partial charge on any atom is -0.464 e. The number of carbonyl (C=O) groups is 1. The van der Waals surface area contributed by atoms with Gasteiger partial charge in [0.1, 0.15) is 5.82 Å². The number of esters is 1. The van der Waals surface area contributed by atoms with Crippen LogP contribution in [0, 0.1) is 0 Å². The highest BCUT2D eigenvalue weighted by Crippen LogP contribution is 2.29. The van der Waals surface area contributed by atoms with Crippen LogP contribution in [0.5, 0.6) is 0 Å². The number of anilines is 1. The second-order valence-corrected chi connectivity index (χ2v) is 4.65. The number of methoxy groups -OCH3 is 1. The Morgan fingerprint density at radius 3 is 2.42 bits per heavy atom. The van der Waals surface area contributed by atoms with Gasteiger partial charge in [-0.15, -0.1) is 0 Å². The van der Waals surface area contributed by atoms with Crippen LogP contribution in [0.1, 0.15) is 10.5 Å². The Morgan fingerprint density at radius 1 is 1.21 bits per heavy atom. The number of benzene rings is 1. The summed E-state index contributed by atoms with van der Waals surface area (Å²) in [6.07, 6.45) is 0. The molecule has 0 radical (unpaired) electrons. The van der Waals surface area contributed by atoms with Crippen molar-refractivity contribution in [1.29, 1.82) is 0 Å². The van der Waals surface area contributed by atoms with Crippen LogP contribution < -0.4 is 5.73 Å². The molecule has 6 heteroatoms. The second kappa shape index (κ2) is 5.47. The number of hydrogen-bond donors (Lipinski definition) is 1. The van der Waals surface area contributed by atoms with E-state index in [9.17, 15) is 4.79 Å². The highest BCUT2D eigenvalue weighted by molar-refractivity contribution is 6.35. The first-order chi connectivity index (χ1) is 9.01. The molecule has 0 aliphatic rings. The van der Waals surface area contributed by atoms with E-state index in [1.165, 1.54) is 7.11 Å². The zero-order valence-electron chi connectivity index (χ0n) is 9.98. The largest absolute Gasteiger partial charge is 0.464 e. The lowest BCUT2D eigenvalue weighted by atomic mass is 10.0. The lowest BCUT2D eigenvalue weighted by Crippen LogP contribution is -2.08. The van der Waals surface area contributed by atoms with E-state index in [2.05, 4.69) is 4.98 Å². The highest BCUT2D eigenvalue weighted by atomic mass is 35.5. The van der Waals surface area contributed by atoms with Gasteiger partial charge in [0.25, 0.3) is 0 Å². The van der Waals surface area contributed by atoms with Gasteiger partial charge in [-0.05, 0) is 35.9 Å². The molecule has 2 rings (SSSR count). The molecule has 0 amide bonds. The van der Waals surface area contributed by atoms with Crippen molar-refractivity contribution in [3.63, 3.8) is 0 Å². The Morgan fingerprint density at radius 2 is 1.84 bits per heavy atom. The first-order valence-corrected chi connectivity index (χ1v) is 6.08. The fourth-order valence-corrected chi connectivity index (χ4v) is 2.19. The van der Waals surface area contributed by atoms with Gasteiger partial charge in [-0.1, -0.05) is 23.2 Å². The predicted molar refractivity (Wildman–Crippen MR) is 75.4 cm³/mol. The van der Waals surface area contributed by atoms with E-state index < -0.39 is 5.97 Å². The number of pyridine rings is 1. The molecule has 1 aromatic carbocycles. The summed E-state index contributed by atoms with van der Waals surface area (Å²) < 4.78 is 4.69. The maximum absolute atomic E-state index is 11.7. The fraction of sp³-hybridized carbons (Fsp3) is 0.0769. The van der Waals surface area contributed by atoms with Crippen LogP contribution >= 0.6 is 23.2 Å². The maximum Gasteiger partial charge on any atom is 0.357 e. The van der Waals surface area contributed by atoms with E-state index in [1.807, 2.05) is 0 Å². The standard InChI is InChI=1S/C13H10Cl2N2O2/c1-19-13(18)12-10(2-3-11(16)17-12)7-4-8(14)6-9(15)5-7/h2-6H,1H3,(H2,16,17). The number of aromatic nitrogens is 1. The van der Waals surface area contributed by atoms with Crippen LogP contribution in [0.25, 0.3) is 11.1 Å². The number of rotatable bonds is 2. The molecule has 0 saturated carbocycles. The SMILES string of the molecule is COC(=O)c1nc(N)ccc1-c1cc(Cl)cc(Cl)c1. The maximum atomic E-state index is 11.7. The van der Waals surface area contributed by atoms with Crippen molar-refractivity contribution in [2.24, 2.45) is 0 Å². The van der Waals surface area contributed by atoms with E-state index in [4.69, 9.17) is 33.7 Å². The summed E-state index contributed by atoms with van der Waals surface area (Å²) in [6, 6.07) is 8.25. The van der Waals surface area contributed by atoms with Crippen molar-refractivity contribution in [3.8, 4) is 11.1 Å². The third-order valence-corrected chi connectivity index (χ3v) is 2.91. The minimum atomic E-state index is -0.571. The first-order valence-electron chi connectivity index (χ1n) is 5.32. The number of hydrogen-bond acceptors (Lipinski definition) is 4. The molecule has 0 aliphatic heterocycles. The van der Waals surface area contributed by atoms with E-state index in [1.54, 1.807) is 30.3 Å². The van der Waals surface area contributed by atoms with Crippen molar-refractivity contribution in [3.05, 3.63) is 46.1 Å². The van der Waals surface area contributed by atoms with Crippen molar-refractivity contribution in [1.82, 2.24) is 4.98 Å². The molecule has 1 aromatic heterocycles. The summed E-state index contributed by atoms with van der Waals surface area (Å²) in [7, 11) is 1.28. The zero-order valence-corrected chi connectivity index (χ0v) is 11.5. The van der Waals surface area contributed by atoms with Crippen LogP contribution in [-0.2, 0) is 4.74 Å². The summed E-state index contributed by atoms with van der Waals surface area (Å²) in [5.74, 6) is -0.337. The first kappa shape index (κ1) is 13.6. The molecule has 0 saturated heterocycles. The Kier molecular flexibility index (Phi) is 3.93. The molecule has 0 bridgehead atoms. The molecule has 98 valence electrons. The van der Waals surface area contributed by atoms with Crippen LogP contribution in [0.3, 0.4) is 0 Å². The van der Waals surface area contributed by atoms with E-state index in [0.29, 0.717) is 21.2 Å². The lowest BCUT2D eigenvalue weighted by Gasteiger charge is -2.09. The second-order valence-electron chi connectivity index (χ2n) is 3.78. The normalized spacial score (nSPS) is 10.3. The monoisotopic (exact) mass is 296 g/mol. The number of carbonyl (C=O) groups excluding carboxylic acids is 1. The van der Waals surface area contributed by atoms with Crippen molar-refractivity contribution in [2.45, 2.75) is 0 Å². The molecular formula is C13H10Cl2N2O2. The third kappa shape index (κ3) is 2.97. The molecule has 0 aliphatic carbocycles. The van der Waals surface area contributed by atoms with Gasteiger partial charge in [-0.3, -0.25) is 0 Å². The summed E-state index contributed by atoms with van der Waals surface area (Å²) in [6.45, 7) is 0. The van der Waals surface area contributed by atoms with Crippen molar-refractivity contribution in [2.75, 3.05) is 12.8 Å². The van der Waals surface area contributed by atoms with Crippen molar-refractivity contribution < 1.29 is 9.53 Å². The van der Waals surface area contributed by atoms with Crippen LogP contribution in [-0.4, -0.2) is 18.1 Å². The summed E-state index contributed by atoms with van der Waals surface area (Å²) in [5.41, 5.74) is 6.94. The van der Waals surface area contributed by atoms with Gasteiger partial charge in [0.05, 0.1) is 7.11 Å². The van der Waals surface area contributed by atoms with Gasteiger partial charge in [-0.2, -0.15) is 0 Å². The Balaban J connectivity index is 2.64. The number of halogens is 2. The van der Waals surface area contributed by atoms with Gasteiger partial charge in [0.15, 0.2) is 5.69 Å². The summed E-state index contributed by atoms with van der Waals surface area (Å²) in [5, 5.41) is 0.935. The van der Waals surface area contributed by atoms with Crippen LogP contribution in [0.4, 0.5) is 5.82 Å². The Bertz CT molecular complexity index is 624. The van der Waals surface area contributed by atoms with Gasteiger partial charge in [0.2, 0.25) is 0 Å². The van der Waals surface area contributed by atoms with Gasteiger partial charge in [-0.25, -0.2) is 9.78 Å². The molecule has 19 heavy (non-hydrogen) atoms. The van der Waals surface area contributed by atoms with Gasteiger partial charge in [0, 0.05) is 15.6 Å². The molecule has 2 N–H and O–H groups in total. The molecule has 0 spiro atoms. The third-order valence-electron chi connectivity index (χ3n) is 2.47. The van der Waals surface area contributed by atoms with Crippen LogP contribution in [0.15, 0.2) is 30.3 Å². The minimum absolute atomic E-state index is 0.126. The molecular weight excluding hydrogens is 287 g/mol. The highest BCUT2D eigenvalue weighted by Gasteiger charge is 2.16. The Hall–Kier alpha value is -1.78. The lowest BCUT2D eigenvalue weighted by molar-refractivity contribution is 0.0595. The molecule has 0 unspecified atom stereocenters. The number of nitrogen functional groups attached to an aromatic ring is 1. The Labute approximate surface area is 120 Å². The molecule has 4 nitrogen and oxygen atoms in total. The molecule has 0 fully saturated rings. The van der Waals surface area contributed by atoms with Gasteiger partial charge >= 0.3 is 5.97 Å². The van der Waals surface area contributed by atoms with Crippen molar-refractivity contribution >= 4 is 35.0 Å². The summed E-state index contributed by atoms with van der Waals surface area (Å²) >= 11 is 11.9. The predicted octanol–water partition coefficient (Wildman–Crippen LogP) is 3.42. The summed E-state index contributed by atoms with van der Waals surface area (Å²) in [4.78, 5) is 15.7. The number of nitrogens with two attached hydrogens (primary N) is 1.